The fourth-order valence-electron chi connectivity index (χ4n) is 3.81. The summed E-state index contributed by atoms with van der Waals surface area (Å²) in [7, 11) is 0. The van der Waals surface area contributed by atoms with E-state index >= 15 is 0 Å². The molecule has 0 unspecified atom stereocenters. The molecule has 23 heavy (non-hydrogen) atoms. The number of allylic oxidation sites excluding steroid dienone is 4. The summed E-state index contributed by atoms with van der Waals surface area (Å²) in [6, 6.07) is 16.0. The molecule has 2 aliphatic carbocycles. The highest BCUT2D eigenvalue weighted by atomic mass is 14.7. The summed E-state index contributed by atoms with van der Waals surface area (Å²) in [6.45, 7) is 0. The zero-order valence-electron chi connectivity index (χ0n) is 12.7. The van der Waals surface area contributed by atoms with Gasteiger partial charge in [0.15, 0.2) is 5.41 Å². The van der Waals surface area contributed by atoms with Crippen molar-refractivity contribution in [2.75, 3.05) is 0 Å². The summed E-state index contributed by atoms with van der Waals surface area (Å²) >= 11 is 0. The summed E-state index contributed by atoms with van der Waals surface area (Å²) in [5.41, 5.74) is 8.04. The number of hydrogen-bond acceptors (Lipinski definition) is 4. The first-order chi connectivity index (χ1) is 11.2. The Bertz CT molecular complexity index is 811. The minimum Gasteiger partial charge on any atom is -0.399 e. The van der Waals surface area contributed by atoms with Gasteiger partial charge in [-0.3, -0.25) is 0 Å². The second-order valence-electron chi connectivity index (χ2n) is 5.99. The maximum Gasteiger partial charge on any atom is 0.194 e. The van der Waals surface area contributed by atoms with Gasteiger partial charge in [0.1, 0.15) is 6.07 Å². The highest BCUT2D eigenvalue weighted by molar-refractivity contribution is 5.62. The molecule has 0 aliphatic heterocycles. The molecular weight excluding hydrogens is 284 g/mol. The van der Waals surface area contributed by atoms with Gasteiger partial charge in [-0.25, -0.2) is 0 Å². The van der Waals surface area contributed by atoms with Crippen LogP contribution in [0, 0.1) is 39.4 Å². The summed E-state index contributed by atoms with van der Waals surface area (Å²) in [5, 5.41) is 29.2. The second-order valence-corrected chi connectivity index (χ2v) is 5.99. The van der Waals surface area contributed by atoms with Crippen molar-refractivity contribution in [1.82, 2.24) is 0 Å². The third-order valence-electron chi connectivity index (χ3n) is 4.89. The molecular formula is C19H16N4. The molecule has 0 saturated carbocycles. The lowest BCUT2D eigenvalue weighted by Crippen LogP contribution is -2.38. The first-order valence-corrected chi connectivity index (χ1v) is 7.69. The lowest BCUT2D eigenvalue weighted by Gasteiger charge is -2.39. The molecule has 0 radical (unpaired) electrons. The Balaban J connectivity index is 2.34. The first kappa shape index (κ1) is 14.9. The predicted octanol–water partition coefficient (Wildman–Crippen LogP) is 3.42. The summed E-state index contributed by atoms with van der Waals surface area (Å²) in [4.78, 5) is 0. The Kier molecular flexibility index (Phi) is 3.65. The van der Waals surface area contributed by atoms with Crippen LogP contribution in [0.4, 0.5) is 0 Å². The lowest BCUT2D eigenvalue weighted by molar-refractivity contribution is 0.468. The van der Waals surface area contributed by atoms with Gasteiger partial charge in [0, 0.05) is 5.92 Å². The van der Waals surface area contributed by atoms with Crippen LogP contribution < -0.4 is 5.73 Å². The Hall–Kier alpha value is -3.03. The molecule has 0 amide bonds. The number of benzene rings is 1. The van der Waals surface area contributed by atoms with Crippen LogP contribution >= 0.6 is 0 Å². The van der Waals surface area contributed by atoms with Crippen LogP contribution in [0.2, 0.25) is 0 Å². The fourth-order valence-corrected chi connectivity index (χ4v) is 3.81. The average Bonchev–Trinajstić information content (AvgIpc) is 2.61. The molecule has 112 valence electrons. The van der Waals surface area contributed by atoms with Crippen molar-refractivity contribution in [3.8, 4) is 18.2 Å². The minimum absolute atomic E-state index is 0.111. The molecule has 1 aromatic carbocycles. The molecule has 0 bridgehead atoms. The van der Waals surface area contributed by atoms with Gasteiger partial charge in [0.2, 0.25) is 0 Å². The number of nitriles is 3. The molecule has 2 aliphatic rings. The quantitative estimate of drug-likeness (QED) is 0.859. The van der Waals surface area contributed by atoms with Gasteiger partial charge in [-0.05, 0) is 36.8 Å². The molecule has 1 aromatic rings. The van der Waals surface area contributed by atoms with Gasteiger partial charge in [-0.1, -0.05) is 35.9 Å². The molecule has 0 saturated heterocycles. The maximum atomic E-state index is 9.83. The van der Waals surface area contributed by atoms with E-state index in [9.17, 15) is 15.8 Å². The molecule has 0 spiro atoms. The minimum atomic E-state index is -1.51. The van der Waals surface area contributed by atoms with Crippen LogP contribution in [0.1, 0.15) is 37.2 Å². The third-order valence-corrected chi connectivity index (χ3v) is 4.89. The standard InChI is InChI=1S/C19H16N4/c20-10-16-14-8-4-5-9-15(14)17(13-6-2-1-3-7-13)19(11-21,12-22)18(16)23/h1-3,6-7,17H,4-5,8-9,23H2/t17-/m0/s1. The largest absolute Gasteiger partial charge is 0.399 e. The summed E-state index contributed by atoms with van der Waals surface area (Å²) in [5.74, 6) is -0.397. The van der Waals surface area contributed by atoms with Crippen LogP contribution in [0.3, 0.4) is 0 Å². The molecule has 3 rings (SSSR count). The van der Waals surface area contributed by atoms with Crippen LogP contribution in [0.15, 0.2) is 52.7 Å². The van der Waals surface area contributed by atoms with Crippen molar-refractivity contribution < 1.29 is 0 Å². The smallest absolute Gasteiger partial charge is 0.194 e. The van der Waals surface area contributed by atoms with E-state index in [-0.39, 0.29) is 5.70 Å². The zero-order chi connectivity index (χ0) is 16.4. The Morgan fingerprint density at radius 1 is 1.00 bits per heavy atom. The third kappa shape index (κ3) is 2.02. The number of nitrogens with two attached hydrogens (primary N) is 1. The second kappa shape index (κ2) is 5.64. The summed E-state index contributed by atoms with van der Waals surface area (Å²) in [6.07, 6.45) is 3.60. The van der Waals surface area contributed by atoms with E-state index < -0.39 is 11.3 Å². The Morgan fingerprint density at radius 2 is 1.65 bits per heavy atom. The van der Waals surface area contributed by atoms with Crippen molar-refractivity contribution in [2.45, 2.75) is 31.6 Å². The summed E-state index contributed by atoms with van der Waals surface area (Å²) < 4.78 is 0. The van der Waals surface area contributed by atoms with Crippen molar-refractivity contribution in [3.63, 3.8) is 0 Å². The Morgan fingerprint density at radius 3 is 2.26 bits per heavy atom. The van der Waals surface area contributed by atoms with E-state index in [4.69, 9.17) is 5.73 Å². The van der Waals surface area contributed by atoms with Crippen molar-refractivity contribution in [3.05, 3.63) is 58.3 Å². The molecule has 4 nitrogen and oxygen atoms in total. The van der Waals surface area contributed by atoms with Crippen molar-refractivity contribution in [2.24, 2.45) is 11.1 Å². The van der Waals surface area contributed by atoms with E-state index in [0.717, 1.165) is 42.4 Å². The van der Waals surface area contributed by atoms with E-state index in [2.05, 4.69) is 18.2 Å². The number of nitrogens with zero attached hydrogens (tertiary/aromatic N) is 3. The molecule has 1 atom stereocenters. The molecule has 0 aromatic heterocycles. The topological polar surface area (TPSA) is 97.4 Å². The molecule has 0 fully saturated rings. The highest BCUT2D eigenvalue weighted by Crippen LogP contribution is 2.54. The van der Waals surface area contributed by atoms with Gasteiger partial charge in [-0.15, -0.1) is 0 Å². The molecule has 4 heteroatoms. The SMILES string of the molecule is N#CC1=C(N)C(C#N)(C#N)[C@@H](c2ccccc2)C2=C1CCCC2. The van der Waals surface area contributed by atoms with Crippen molar-refractivity contribution >= 4 is 0 Å². The van der Waals surface area contributed by atoms with Crippen LogP contribution in [0.5, 0.6) is 0 Å². The van der Waals surface area contributed by atoms with Gasteiger partial charge in [0.05, 0.1) is 23.4 Å². The predicted molar refractivity (Wildman–Crippen MR) is 85.2 cm³/mol. The normalized spacial score (nSPS) is 22.6. The average molecular weight is 300 g/mol. The Labute approximate surface area is 135 Å². The van der Waals surface area contributed by atoms with E-state index in [1.807, 2.05) is 30.3 Å². The maximum absolute atomic E-state index is 9.83. The zero-order valence-corrected chi connectivity index (χ0v) is 12.7. The molecule has 0 heterocycles. The first-order valence-electron chi connectivity index (χ1n) is 7.69. The highest BCUT2D eigenvalue weighted by Gasteiger charge is 2.50. The molecule has 2 N–H and O–H groups in total. The van der Waals surface area contributed by atoms with Gasteiger partial charge in [0.25, 0.3) is 0 Å². The lowest BCUT2D eigenvalue weighted by atomic mass is 9.60. The van der Waals surface area contributed by atoms with Crippen LogP contribution in [0.25, 0.3) is 0 Å². The van der Waals surface area contributed by atoms with E-state index in [1.165, 1.54) is 0 Å². The van der Waals surface area contributed by atoms with Crippen LogP contribution in [-0.2, 0) is 0 Å². The van der Waals surface area contributed by atoms with E-state index in [0.29, 0.717) is 5.57 Å². The van der Waals surface area contributed by atoms with Gasteiger partial charge >= 0.3 is 0 Å². The van der Waals surface area contributed by atoms with Gasteiger partial charge in [-0.2, -0.15) is 15.8 Å². The number of hydrogen-bond donors (Lipinski definition) is 1. The van der Waals surface area contributed by atoms with Crippen molar-refractivity contribution in [1.29, 1.82) is 15.8 Å². The van der Waals surface area contributed by atoms with Crippen LogP contribution in [-0.4, -0.2) is 0 Å². The van der Waals surface area contributed by atoms with Gasteiger partial charge < -0.3 is 5.73 Å². The fraction of sp³-hybridized carbons (Fsp3) is 0.316. The van der Waals surface area contributed by atoms with E-state index in [1.54, 1.807) is 0 Å². The monoisotopic (exact) mass is 300 g/mol. The number of rotatable bonds is 1.